The maximum absolute atomic E-state index is 12.4. The zero-order chi connectivity index (χ0) is 16.4. The molecule has 0 saturated carbocycles. The van der Waals surface area contributed by atoms with Crippen LogP contribution in [0.25, 0.3) is 22.6 Å². The summed E-state index contributed by atoms with van der Waals surface area (Å²) in [4.78, 5) is 25.0. The van der Waals surface area contributed by atoms with Crippen molar-refractivity contribution in [3.05, 3.63) is 89.2 Å². The maximum atomic E-state index is 12.4. The number of aromatic nitrogens is 4. The second-order valence-corrected chi connectivity index (χ2v) is 5.50. The van der Waals surface area contributed by atoms with Crippen LogP contribution in [0.15, 0.2) is 78.1 Å². The van der Waals surface area contributed by atoms with E-state index in [9.17, 15) is 4.79 Å². The lowest BCUT2D eigenvalue weighted by Crippen LogP contribution is -2.15. The summed E-state index contributed by atoms with van der Waals surface area (Å²) in [5.41, 5.74) is 2.78. The highest BCUT2D eigenvalue weighted by atomic mass is 16.1. The minimum atomic E-state index is -0.277. The van der Waals surface area contributed by atoms with E-state index in [1.165, 1.54) is 5.56 Å². The molecule has 0 amide bonds. The Bertz CT molecular complexity index is 997. The second kappa shape index (κ2) is 6.04. The van der Waals surface area contributed by atoms with Crippen molar-refractivity contribution in [3.63, 3.8) is 0 Å². The first kappa shape index (κ1) is 14.3. The van der Waals surface area contributed by atoms with Crippen molar-refractivity contribution in [2.75, 3.05) is 0 Å². The molecule has 5 nitrogen and oxygen atoms in total. The first-order valence-corrected chi connectivity index (χ1v) is 7.62. The van der Waals surface area contributed by atoms with Crippen LogP contribution in [0.3, 0.4) is 0 Å². The second-order valence-electron chi connectivity index (χ2n) is 5.50. The van der Waals surface area contributed by atoms with Gasteiger partial charge in [-0.3, -0.25) is 9.78 Å². The molecule has 0 radical (unpaired) electrons. The molecule has 1 aromatic carbocycles. The van der Waals surface area contributed by atoms with E-state index in [0.29, 0.717) is 23.6 Å². The van der Waals surface area contributed by atoms with Crippen LogP contribution in [0.1, 0.15) is 5.56 Å². The van der Waals surface area contributed by atoms with E-state index in [0.717, 1.165) is 5.56 Å². The van der Waals surface area contributed by atoms with E-state index >= 15 is 0 Å². The summed E-state index contributed by atoms with van der Waals surface area (Å²) < 4.78 is 1.96. The van der Waals surface area contributed by atoms with Gasteiger partial charge in [-0.2, -0.15) is 4.98 Å². The Hall–Kier alpha value is -3.34. The van der Waals surface area contributed by atoms with Gasteiger partial charge in [0, 0.05) is 36.9 Å². The molecule has 2 aromatic rings. The summed E-state index contributed by atoms with van der Waals surface area (Å²) >= 11 is 0. The van der Waals surface area contributed by atoms with E-state index in [1.807, 2.05) is 41.1 Å². The molecule has 0 unspecified atom stereocenters. The van der Waals surface area contributed by atoms with Crippen molar-refractivity contribution in [1.29, 1.82) is 0 Å². The molecular formula is C19H14N4O. The zero-order valence-corrected chi connectivity index (χ0v) is 12.8. The molecule has 0 fully saturated rings. The number of hydrogen-bond acceptors (Lipinski definition) is 4. The number of benzene rings is 1. The van der Waals surface area contributed by atoms with Gasteiger partial charge < -0.3 is 4.57 Å². The quantitative estimate of drug-likeness (QED) is 0.583. The Morgan fingerprint density at radius 3 is 2.62 bits per heavy atom. The van der Waals surface area contributed by atoms with Gasteiger partial charge in [-0.15, -0.1) is 0 Å². The van der Waals surface area contributed by atoms with Gasteiger partial charge in [0.15, 0.2) is 5.82 Å². The molecule has 4 rings (SSSR count). The third kappa shape index (κ3) is 2.79. The van der Waals surface area contributed by atoms with Crippen molar-refractivity contribution < 1.29 is 0 Å². The van der Waals surface area contributed by atoms with Gasteiger partial charge in [0.2, 0.25) is 0 Å². The summed E-state index contributed by atoms with van der Waals surface area (Å²) in [6.07, 6.45) is 7.06. The van der Waals surface area contributed by atoms with Crippen molar-refractivity contribution >= 4 is 0 Å². The molecular weight excluding hydrogens is 300 g/mol. The average Bonchev–Trinajstić information content (AvgIpc) is 2.64. The smallest absolute Gasteiger partial charge is 0.282 e. The molecule has 0 atom stereocenters. The van der Waals surface area contributed by atoms with Crippen LogP contribution in [0.5, 0.6) is 0 Å². The number of rotatable bonds is 3. The van der Waals surface area contributed by atoms with E-state index in [-0.39, 0.29) is 5.56 Å². The monoisotopic (exact) mass is 314 g/mol. The number of hydrogen-bond donors (Lipinski definition) is 0. The lowest BCUT2D eigenvalue weighted by Gasteiger charge is -2.11. The van der Waals surface area contributed by atoms with Crippen LogP contribution in [0.4, 0.5) is 0 Å². The van der Waals surface area contributed by atoms with Crippen LogP contribution in [-0.4, -0.2) is 19.5 Å². The van der Waals surface area contributed by atoms with Crippen molar-refractivity contribution in [2.45, 2.75) is 6.54 Å². The van der Waals surface area contributed by atoms with E-state index in [4.69, 9.17) is 0 Å². The van der Waals surface area contributed by atoms with Gasteiger partial charge in [0.05, 0.1) is 11.3 Å². The molecule has 24 heavy (non-hydrogen) atoms. The van der Waals surface area contributed by atoms with E-state index in [1.54, 1.807) is 24.7 Å². The highest BCUT2D eigenvalue weighted by Crippen LogP contribution is 2.19. The molecule has 0 bridgehead atoms. The molecule has 116 valence electrons. The fourth-order valence-electron chi connectivity index (χ4n) is 2.61. The molecule has 2 aliphatic heterocycles. The van der Waals surface area contributed by atoms with Crippen LogP contribution in [-0.2, 0) is 6.54 Å². The Morgan fingerprint density at radius 2 is 1.83 bits per heavy atom. The van der Waals surface area contributed by atoms with Gasteiger partial charge in [-0.1, -0.05) is 30.3 Å². The summed E-state index contributed by atoms with van der Waals surface area (Å²) in [6, 6.07) is 15.6. The third-order valence-electron chi connectivity index (χ3n) is 3.79. The molecule has 0 N–H and O–H groups in total. The van der Waals surface area contributed by atoms with Gasteiger partial charge in [0.1, 0.15) is 0 Å². The first-order valence-electron chi connectivity index (χ1n) is 7.62. The maximum Gasteiger partial charge on any atom is 0.282 e. The third-order valence-corrected chi connectivity index (χ3v) is 3.79. The van der Waals surface area contributed by atoms with E-state index < -0.39 is 0 Å². The topological polar surface area (TPSA) is 60.7 Å². The minimum Gasteiger partial charge on any atom is -0.349 e. The minimum absolute atomic E-state index is 0.277. The van der Waals surface area contributed by atoms with Crippen LogP contribution in [0, 0.1) is 0 Å². The fourth-order valence-corrected chi connectivity index (χ4v) is 2.61. The normalized spacial score (nSPS) is 10.8. The van der Waals surface area contributed by atoms with Crippen molar-refractivity contribution in [2.24, 2.45) is 0 Å². The van der Waals surface area contributed by atoms with Gasteiger partial charge in [-0.05, 0) is 23.8 Å². The summed E-state index contributed by atoms with van der Waals surface area (Å²) in [5, 5.41) is 0. The number of fused-ring (bicyclic) bond motifs is 1. The molecule has 1 aromatic heterocycles. The molecule has 0 aliphatic carbocycles. The Labute approximate surface area is 138 Å². The standard InChI is InChI=1S/C19H14N4O/c24-19-16-13-23(12-14-5-2-1-3-6-14)10-8-17(16)21-18(22-19)15-7-4-9-20-11-15/h1-11,13H,12H2. The Morgan fingerprint density at radius 1 is 0.958 bits per heavy atom. The number of pyridine rings is 2. The number of nitrogens with zero attached hydrogens (tertiary/aromatic N) is 4. The summed E-state index contributed by atoms with van der Waals surface area (Å²) in [7, 11) is 0. The first-order chi connectivity index (χ1) is 11.8. The van der Waals surface area contributed by atoms with Crippen LogP contribution >= 0.6 is 0 Å². The SMILES string of the molecule is O=c1nc(-c2cccnc2)nc2ccn(Cc3ccccc3)cc1-2. The lowest BCUT2D eigenvalue weighted by molar-refractivity contribution is 0.788. The predicted octanol–water partition coefficient (Wildman–Crippen LogP) is 2.85. The fraction of sp³-hybridized carbons (Fsp3) is 0.0526. The molecule has 0 saturated heterocycles. The predicted molar refractivity (Wildman–Crippen MR) is 91.7 cm³/mol. The molecule has 0 spiro atoms. The zero-order valence-electron chi connectivity index (χ0n) is 12.8. The average molecular weight is 314 g/mol. The van der Waals surface area contributed by atoms with Crippen LogP contribution in [0.2, 0.25) is 0 Å². The van der Waals surface area contributed by atoms with Gasteiger partial charge in [-0.25, -0.2) is 4.98 Å². The van der Waals surface area contributed by atoms with Gasteiger partial charge >= 0.3 is 0 Å². The molecule has 5 heteroatoms. The Balaban J connectivity index is 1.75. The summed E-state index contributed by atoms with van der Waals surface area (Å²) in [6.45, 7) is 0.695. The highest BCUT2D eigenvalue weighted by Gasteiger charge is 2.13. The summed E-state index contributed by atoms with van der Waals surface area (Å²) in [5.74, 6) is 0.404. The highest BCUT2D eigenvalue weighted by molar-refractivity contribution is 5.63. The molecule has 2 aliphatic rings. The molecule has 3 heterocycles. The lowest BCUT2D eigenvalue weighted by atomic mass is 10.1. The van der Waals surface area contributed by atoms with Crippen molar-refractivity contribution in [3.8, 4) is 22.6 Å². The largest absolute Gasteiger partial charge is 0.349 e. The Kier molecular flexibility index (Phi) is 3.59. The van der Waals surface area contributed by atoms with Gasteiger partial charge in [0.25, 0.3) is 5.56 Å². The van der Waals surface area contributed by atoms with Crippen molar-refractivity contribution in [1.82, 2.24) is 19.5 Å². The van der Waals surface area contributed by atoms with Crippen LogP contribution < -0.4 is 5.56 Å². The van der Waals surface area contributed by atoms with E-state index in [2.05, 4.69) is 27.1 Å².